The molecule has 3 rings (SSSR count). The van der Waals surface area contributed by atoms with Crippen molar-refractivity contribution in [3.63, 3.8) is 0 Å². The summed E-state index contributed by atoms with van der Waals surface area (Å²) in [5, 5.41) is 11.3. The normalized spacial score (nSPS) is 37.4. The lowest BCUT2D eigenvalue weighted by molar-refractivity contribution is -0.126. The first-order valence-electron chi connectivity index (χ1n) is 8.95. The highest BCUT2D eigenvalue weighted by Gasteiger charge is 2.49. The van der Waals surface area contributed by atoms with Crippen LogP contribution < -0.4 is 0 Å². The van der Waals surface area contributed by atoms with Crippen LogP contribution in [0.3, 0.4) is 0 Å². The lowest BCUT2D eigenvalue weighted by atomic mass is 9.67. The Morgan fingerprint density at radius 1 is 1.24 bits per heavy atom. The van der Waals surface area contributed by atoms with E-state index < -0.39 is 0 Å². The average Bonchev–Trinajstić information content (AvgIpc) is 3.08. The summed E-state index contributed by atoms with van der Waals surface area (Å²) in [7, 11) is 0. The second kappa shape index (κ2) is 6.41. The van der Waals surface area contributed by atoms with Gasteiger partial charge in [-0.2, -0.15) is 11.8 Å². The van der Waals surface area contributed by atoms with Crippen LogP contribution in [-0.4, -0.2) is 34.9 Å². The third-order valence-corrected chi connectivity index (χ3v) is 7.31. The Labute approximate surface area is 134 Å². The molecule has 0 aromatic carbocycles. The number of aliphatic hydroxyl groups excluding tert-OH is 1. The topological polar surface area (TPSA) is 29.5 Å². The molecule has 3 atom stereocenters. The summed E-state index contributed by atoms with van der Waals surface area (Å²) in [6.45, 7) is 5.48. The summed E-state index contributed by atoms with van der Waals surface area (Å²) in [6, 6.07) is 0. The molecule has 122 valence electrons. The third kappa shape index (κ3) is 3.30. The number of ether oxygens (including phenoxy) is 1. The maximum Gasteiger partial charge on any atom is 0.0783 e. The second-order valence-electron chi connectivity index (χ2n) is 8.20. The fourth-order valence-corrected chi connectivity index (χ4v) is 6.59. The Morgan fingerprint density at radius 3 is 2.62 bits per heavy atom. The van der Waals surface area contributed by atoms with Gasteiger partial charge in [-0.25, -0.2) is 0 Å². The first-order valence-corrected chi connectivity index (χ1v) is 10.1. The monoisotopic (exact) mass is 312 g/mol. The smallest absolute Gasteiger partial charge is 0.0783 e. The van der Waals surface area contributed by atoms with E-state index in [1.165, 1.54) is 44.3 Å². The predicted molar refractivity (Wildman–Crippen MR) is 89.7 cm³/mol. The SMILES string of the molecule is CC(C)CC1(C(O)C2CCOC3(CCSC3)C2)CCCC1. The molecule has 0 aromatic rings. The first-order chi connectivity index (χ1) is 10.1. The molecular formula is C18H32O2S. The molecule has 2 nitrogen and oxygen atoms in total. The highest BCUT2D eigenvalue weighted by atomic mass is 32.2. The molecule has 0 radical (unpaired) electrons. The average molecular weight is 313 g/mol. The van der Waals surface area contributed by atoms with Gasteiger partial charge in [0.2, 0.25) is 0 Å². The Balaban J connectivity index is 1.71. The quantitative estimate of drug-likeness (QED) is 0.841. The molecule has 3 aliphatic rings. The summed E-state index contributed by atoms with van der Waals surface area (Å²) >= 11 is 2.03. The van der Waals surface area contributed by atoms with Crippen LogP contribution in [0.5, 0.6) is 0 Å². The lowest BCUT2D eigenvalue weighted by Crippen LogP contribution is -2.48. The van der Waals surface area contributed by atoms with Crippen molar-refractivity contribution in [1.82, 2.24) is 0 Å². The Morgan fingerprint density at radius 2 is 2.00 bits per heavy atom. The lowest BCUT2D eigenvalue weighted by Gasteiger charge is -2.45. The first kappa shape index (κ1) is 16.1. The van der Waals surface area contributed by atoms with Gasteiger partial charge in [0, 0.05) is 12.4 Å². The molecule has 0 amide bonds. The van der Waals surface area contributed by atoms with Crippen LogP contribution in [0.25, 0.3) is 0 Å². The van der Waals surface area contributed by atoms with E-state index in [2.05, 4.69) is 13.8 Å². The zero-order chi connectivity index (χ0) is 14.9. The molecule has 2 aliphatic heterocycles. The highest BCUT2D eigenvalue weighted by molar-refractivity contribution is 7.99. The van der Waals surface area contributed by atoms with Crippen molar-refractivity contribution in [2.45, 2.75) is 76.9 Å². The van der Waals surface area contributed by atoms with Crippen molar-refractivity contribution < 1.29 is 9.84 Å². The van der Waals surface area contributed by atoms with Gasteiger partial charge < -0.3 is 9.84 Å². The van der Waals surface area contributed by atoms with E-state index in [0.29, 0.717) is 11.8 Å². The van der Waals surface area contributed by atoms with Crippen LogP contribution in [0.2, 0.25) is 0 Å². The van der Waals surface area contributed by atoms with E-state index in [0.717, 1.165) is 25.2 Å². The maximum absolute atomic E-state index is 11.3. The van der Waals surface area contributed by atoms with E-state index in [1.807, 2.05) is 11.8 Å². The van der Waals surface area contributed by atoms with Crippen molar-refractivity contribution in [2.24, 2.45) is 17.3 Å². The second-order valence-corrected chi connectivity index (χ2v) is 9.30. The highest BCUT2D eigenvalue weighted by Crippen LogP contribution is 2.51. The van der Waals surface area contributed by atoms with Crippen LogP contribution in [0.1, 0.15) is 65.2 Å². The van der Waals surface area contributed by atoms with Gasteiger partial charge in [-0.1, -0.05) is 26.7 Å². The molecule has 1 N–H and O–H groups in total. The minimum Gasteiger partial charge on any atom is -0.392 e. The van der Waals surface area contributed by atoms with Crippen LogP contribution in [0.15, 0.2) is 0 Å². The van der Waals surface area contributed by atoms with Crippen molar-refractivity contribution in [3.05, 3.63) is 0 Å². The largest absolute Gasteiger partial charge is 0.392 e. The minimum atomic E-state index is -0.103. The molecule has 2 saturated heterocycles. The molecule has 1 spiro atoms. The van der Waals surface area contributed by atoms with E-state index in [1.54, 1.807) is 0 Å². The van der Waals surface area contributed by atoms with E-state index in [9.17, 15) is 5.11 Å². The molecule has 3 unspecified atom stereocenters. The molecule has 0 aromatic heterocycles. The van der Waals surface area contributed by atoms with Crippen LogP contribution >= 0.6 is 11.8 Å². The molecule has 0 bridgehead atoms. The van der Waals surface area contributed by atoms with E-state index in [4.69, 9.17) is 4.74 Å². The Hall–Kier alpha value is 0.270. The Kier molecular flexibility index (Phi) is 4.93. The molecule has 3 heteroatoms. The standard InChI is InChI=1S/C18H32O2S/c1-14(2)11-17(6-3-4-7-17)16(19)15-5-9-20-18(12-15)8-10-21-13-18/h14-16,19H,3-13H2,1-2H3. The molecular weight excluding hydrogens is 280 g/mol. The summed E-state index contributed by atoms with van der Waals surface area (Å²) in [5.74, 6) is 3.54. The number of aliphatic hydroxyl groups is 1. The van der Waals surface area contributed by atoms with Crippen LogP contribution in [-0.2, 0) is 4.74 Å². The summed E-state index contributed by atoms with van der Waals surface area (Å²) in [5.41, 5.74) is 0.315. The van der Waals surface area contributed by atoms with Gasteiger partial charge in [-0.05, 0) is 61.5 Å². The molecule has 1 saturated carbocycles. The maximum atomic E-state index is 11.3. The summed E-state index contributed by atoms with van der Waals surface area (Å²) < 4.78 is 6.15. The van der Waals surface area contributed by atoms with Gasteiger partial charge in [0.25, 0.3) is 0 Å². The molecule has 21 heavy (non-hydrogen) atoms. The number of hydrogen-bond donors (Lipinski definition) is 1. The molecule has 2 heterocycles. The van der Waals surface area contributed by atoms with Gasteiger partial charge in [-0.15, -0.1) is 0 Å². The molecule has 3 fully saturated rings. The van der Waals surface area contributed by atoms with Crippen LogP contribution in [0, 0.1) is 17.3 Å². The van der Waals surface area contributed by atoms with Gasteiger partial charge in [0.15, 0.2) is 0 Å². The van der Waals surface area contributed by atoms with Crippen molar-refractivity contribution in [3.8, 4) is 0 Å². The van der Waals surface area contributed by atoms with Gasteiger partial charge in [-0.3, -0.25) is 0 Å². The Bertz CT molecular complexity index is 343. The number of rotatable bonds is 4. The zero-order valence-electron chi connectivity index (χ0n) is 13.8. The van der Waals surface area contributed by atoms with Gasteiger partial charge >= 0.3 is 0 Å². The fraction of sp³-hybridized carbons (Fsp3) is 1.00. The van der Waals surface area contributed by atoms with Crippen molar-refractivity contribution in [2.75, 3.05) is 18.1 Å². The minimum absolute atomic E-state index is 0.103. The van der Waals surface area contributed by atoms with Gasteiger partial charge in [0.05, 0.1) is 11.7 Å². The number of hydrogen-bond acceptors (Lipinski definition) is 3. The third-order valence-electron chi connectivity index (χ3n) is 6.09. The summed E-state index contributed by atoms with van der Waals surface area (Å²) in [4.78, 5) is 0. The van der Waals surface area contributed by atoms with Crippen molar-refractivity contribution >= 4 is 11.8 Å². The number of thioether (sulfide) groups is 1. The zero-order valence-corrected chi connectivity index (χ0v) is 14.6. The van der Waals surface area contributed by atoms with E-state index >= 15 is 0 Å². The molecule has 1 aliphatic carbocycles. The summed E-state index contributed by atoms with van der Waals surface area (Å²) in [6.07, 6.45) is 9.56. The van der Waals surface area contributed by atoms with Crippen LogP contribution in [0.4, 0.5) is 0 Å². The van der Waals surface area contributed by atoms with Gasteiger partial charge in [0.1, 0.15) is 0 Å². The predicted octanol–water partition coefficient (Wildman–Crippen LogP) is 4.26. The van der Waals surface area contributed by atoms with Crippen molar-refractivity contribution in [1.29, 1.82) is 0 Å². The van der Waals surface area contributed by atoms with E-state index in [-0.39, 0.29) is 17.1 Å². The fourth-order valence-electron chi connectivity index (χ4n) is 5.21.